The molecule has 0 bridgehead atoms. The van der Waals surface area contributed by atoms with Crippen molar-refractivity contribution < 1.29 is 4.74 Å². The minimum Gasteiger partial charge on any atom is -0.475 e. The molecule has 0 aromatic carbocycles. The van der Waals surface area contributed by atoms with Gasteiger partial charge in [0, 0.05) is 43.1 Å². The van der Waals surface area contributed by atoms with E-state index in [1.807, 2.05) is 36.0 Å². The van der Waals surface area contributed by atoms with Crippen LogP contribution in [0, 0.1) is 0 Å². The van der Waals surface area contributed by atoms with Gasteiger partial charge in [-0.25, -0.2) is 9.97 Å². The highest BCUT2D eigenvalue weighted by atomic mass is 32.1. The van der Waals surface area contributed by atoms with E-state index in [-0.39, 0.29) is 6.04 Å². The summed E-state index contributed by atoms with van der Waals surface area (Å²) in [6, 6.07) is 7.93. The van der Waals surface area contributed by atoms with Gasteiger partial charge in [-0.1, -0.05) is 6.07 Å². The molecule has 118 valence electrons. The van der Waals surface area contributed by atoms with Crippen LogP contribution in [0.3, 0.4) is 0 Å². The number of hydrogen-bond acceptors (Lipinski definition) is 6. The predicted molar refractivity (Wildman–Crippen MR) is 87.2 cm³/mol. The molecule has 1 aliphatic heterocycles. The van der Waals surface area contributed by atoms with E-state index in [1.165, 1.54) is 5.69 Å². The molecule has 3 aromatic heterocycles. The second-order valence-corrected chi connectivity index (χ2v) is 6.47. The van der Waals surface area contributed by atoms with E-state index in [2.05, 4.69) is 30.7 Å². The van der Waals surface area contributed by atoms with Crippen LogP contribution in [0.4, 0.5) is 0 Å². The molecule has 0 unspecified atom stereocenters. The molecule has 0 saturated heterocycles. The summed E-state index contributed by atoms with van der Waals surface area (Å²) >= 11 is 1.69. The van der Waals surface area contributed by atoms with Gasteiger partial charge in [0.1, 0.15) is 11.6 Å². The molecule has 0 aliphatic carbocycles. The highest BCUT2D eigenvalue weighted by Gasteiger charge is 2.26. The molecule has 0 saturated carbocycles. The fourth-order valence-corrected chi connectivity index (χ4v) is 3.50. The maximum absolute atomic E-state index is 5.84. The molecule has 3 aromatic rings. The smallest absolute Gasteiger partial charge is 0.213 e. The Hall–Kier alpha value is -2.25. The van der Waals surface area contributed by atoms with Crippen molar-refractivity contribution in [2.75, 3.05) is 13.2 Å². The zero-order valence-corrected chi connectivity index (χ0v) is 13.4. The topological polar surface area (TPSA) is 56.1 Å². The first-order valence-electron chi connectivity index (χ1n) is 7.55. The molecule has 4 heterocycles. The van der Waals surface area contributed by atoms with Gasteiger partial charge in [-0.3, -0.25) is 9.58 Å². The number of fused-ring (bicyclic) bond motifs is 1. The Balaban J connectivity index is 1.47. The first-order chi connectivity index (χ1) is 11.4. The van der Waals surface area contributed by atoms with Crippen molar-refractivity contribution in [2.45, 2.75) is 19.1 Å². The van der Waals surface area contributed by atoms with E-state index in [0.717, 1.165) is 24.6 Å². The number of pyridine rings is 1. The monoisotopic (exact) mass is 327 g/mol. The Kier molecular flexibility index (Phi) is 4.04. The number of thiazole rings is 1. The third kappa shape index (κ3) is 3.25. The number of ether oxygens (including phenoxy) is 1. The van der Waals surface area contributed by atoms with Crippen LogP contribution in [-0.4, -0.2) is 37.8 Å². The molecular weight excluding hydrogens is 310 g/mol. The lowest BCUT2D eigenvalue weighted by molar-refractivity contribution is 0.125. The van der Waals surface area contributed by atoms with Gasteiger partial charge < -0.3 is 4.74 Å². The van der Waals surface area contributed by atoms with Crippen molar-refractivity contribution >= 4 is 11.3 Å². The zero-order chi connectivity index (χ0) is 15.5. The molecule has 23 heavy (non-hydrogen) atoms. The van der Waals surface area contributed by atoms with Crippen LogP contribution in [0.1, 0.15) is 16.7 Å². The Morgan fingerprint density at radius 1 is 1.17 bits per heavy atom. The molecule has 0 amide bonds. The summed E-state index contributed by atoms with van der Waals surface area (Å²) in [5.74, 6) is 0.651. The zero-order valence-electron chi connectivity index (χ0n) is 12.6. The van der Waals surface area contributed by atoms with Gasteiger partial charge in [0.2, 0.25) is 5.88 Å². The minimum atomic E-state index is 0.177. The molecule has 4 rings (SSSR count). The molecule has 6 nitrogen and oxygen atoms in total. The summed E-state index contributed by atoms with van der Waals surface area (Å²) in [6.45, 7) is 3.20. The molecule has 7 heteroatoms. The summed E-state index contributed by atoms with van der Waals surface area (Å²) in [7, 11) is 0. The summed E-state index contributed by atoms with van der Waals surface area (Å²) < 4.78 is 7.91. The second kappa shape index (κ2) is 6.47. The van der Waals surface area contributed by atoms with Crippen molar-refractivity contribution in [2.24, 2.45) is 0 Å². The summed E-state index contributed by atoms with van der Waals surface area (Å²) in [4.78, 5) is 11.0. The van der Waals surface area contributed by atoms with E-state index in [4.69, 9.17) is 4.74 Å². The lowest BCUT2D eigenvalue weighted by Gasteiger charge is -2.33. The van der Waals surface area contributed by atoms with Crippen LogP contribution in [0.5, 0.6) is 5.88 Å². The quantitative estimate of drug-likeness (QED) is 0.720. The Bertz CT molecular complexity index is 743. The van der Waals surface area contributed by atoms with Crippen molar-refractivity contribution in [3.63, 3.8) is 0 Å². The highest BCUT2D eigenvalue weighted by Crippen LogP contribution is 2.23. The van der Waals surface area contributed by atoms with Gasteiger partial charge in [-0.05, 0) is 12.1 Å². The second-order valence-electron chi connectivity index (χ2n) is 5.50. The fourth-order valence-electron chi connectivity index (χ4n) is 2.84. The first kappa shape index (κ1) is 14.3. The minimum absolute atomic E-state index is 0.177. The van der Waals surface area contributed by atoms with Crippen molar-refractivity contribution in [1.29, 1.82) is 0 Å². The number of rotatable bonds is 5. The summed E-state index contributed by atoms with van der Waals surface area (Å²) in [5.41, 5.74) is 1.21. The third-order valence-electron chi connectivity index (χ3n) is 3.86. The van der Waals surface area contributed by atoms with Crippen molar-refractivity contribution in [3.05, 3.63) is 58.9 Å². The lowest BCUT2D eigenvalue weighted by atomic mass is 10.2. The predicted octanol–water partition coefficient (Wildman–Crippen LogP) is 2.37. The van der Waals surface area contributed by atoms with E-state index in [0.29, 0.717) is 12.5 Å². The molecule has 0 fully saturated rings. The van der Waals surface area contributed by atoms with Crippen LogP contribution in [-0.2, 0) is 13.1 Å². The van der Waals surface area contributed by atoms with Crippen LogP contribution in [0.2, 0.25) is 0 Å². The number of nitrogens with zero attached hydrogens (tertiary/aromatic N) is 5. The maximum Gasteiger partial charge on any atom is 0.213 e. The standard InChI is InChI=1S/C16H17N5OS/c1-2-5-17-15(3-1)22-12-14-10-20(11-16-18-7-8-23-16)9-13-4-6-19-21(13)14/h1-8,14H,9-12H2/t14-/m1/s1. The number of hydrogen-bond donors (Lipinski definition) is 0. The van der Waals surface area contributed by atoms with Crippen LogP contribution < -0.4 is 4.74 Å². The van der Waals surface area contributed by atoms with E-state index < -0.39 is 0 Å². The largest absolute Gasteiger partial charge is 0.475 e. The SMILES string of the molecule is c1ccc(OC[C@H]2CN(Cc3nccs3)Cc3ccnn32)nc1. The van der Waals surface area contributed by atoms with Crippen LogP contribution in [0.15, 0.2) is 48.2 Å². The van der Waals surface area contributed by atoms with Crippen LogP contribution >= 0.6 is 11.3 Å². The lowest BCUT2D eigenvalue weighted by Crippen LogP contribution is -2.39. The molecule has 1 atom stereocenters. The van der Waals surface area contributed by atoms with E-state index >= 15 is 0 Å². The summed E-state index contributed by atoms with van der Waals surface area (Å²) in [5, 5.41) is 7.62. The van der Waals surface area contributed by atoms with Gasteiger partial charge in [-0.15, -0.1) is 11.3 Å². The number of aromatic nitrogens is 4. The Labute approximate surface area is 138 Å². The van der Waals surface area contributed by atoms with Gasteiger partial charge in [0.25, 0.3) is 0 Å². The van der Waals surface area contributed by atoms with Gasteiger partial charge in [-0.2, -0.15) is 5.10 Å². The average molecular weight is 327 g/mol. The van der Waals surface area contributed by atoms with Gasteiger partial charge >= 0.3 is 0 Å². The molecule has 0 N–H and O–H groups in total. The first-order valence-corrected chi connectivity index (χ1v) is 8.43. The highest BCUT2D eigenvalue weighted by molar-refractivity contribution is 7.09. The molecule has 0 spiro atoms. The van der Waals surface area contributed by atoms with E-state index in [9.17, 15) is 0 Å². The van der Waals surface area contributed by atoms with E-state index in [1.54, 1.807) is 17.5 Å². The average Bonchev–Trinajstić information content (AvgIpc) is 3.25. The van der Waals surface area contributed by atoms with Gasteiger partial charge in [0.15, 0.2) is 0 Å². The third-order valence-corrected chi connectivity index (χ3v) is 4.62. The Morgan fingerprint density at radius 3 is 3.00 bits per heavy atom. The molecule has 0 radical (unpaired) electrons. The summed E-state index contributed by atoms with van der Waals surface area (Å²) in [6.07, 6.45) is 5.45. The van der Waals surface area contributed by atoms with Gasteiger partial charge in [0.05, 0.1) is 18.3 Å². The Morgan fingerprint density at radius 2 is 2.17 bits per heavy atom. The van der Waals surface area contributed by atoms with Crippen molar-refractivity contribution in [3.8, 4) is 5.88 Å². The normalized spacial score (nSPS) is 17.8. The van der Waals surface area contributed by atoms with Crippen molar-refractivity contribution in [1.82, 2.24) is 24.6 Å². The maximum atomic E-state index is 5.84. The van der Waals surface area contributed by atoms with Crippen LogP contribution in [0.25, 0.3) is 0 Å². The molecule has 1 aliphatic rings. The molecular formula is C16H17N5OS. The fraction of sp³-hybridized carbons (Fsp3) is 0.312.